The molecule has 4 heterocycles. The zero-order valence-electron chi connectivity index (χ0n) is 30.2. The maximum absolute atomic E-state index is 13.7. The number of carbonyl (C=O) groups is 3. The number of hydrogen-bond donors (Lipinski definition) is 2. The van der Waals surface area contributed by atoms with Crippen LogP contribution in [0.25, 0.3) is 0 Å². The molecule has 2 N–H and O–H groups in total. The van der Waals surface area contributed by atoms with Crippen LogP contribution in [0.5, 0.6) is 17.2 Å². The summed E-state index contributed by atoms with van der Waals surface area (Å²) < 4.78 is 28.7. The third kappa shape index (κ3) is 10.00. The fourth-order valence-corrected chi connectivity index (χ4v) is 7.28. The van der Waals surface area contributed by atoms with Gasteiger partial charge in [0.25, 0.3) is 6.47 Å². The van der Waals surface area contributed by atoms with Gasteiger partial charge in [-0.05, 0) is 78.9 Å². The molecule has 14 heteroatoms. The van der Waals surface area contributed by atoms with E-state index in [9.17, 15) is 9.59 Å². The first-order valence-corrected chi connectivity index (χ1v) is 18.1. The first kappa shape index (κ1) is 40.3. The van der Waals surface area contributed by atoms with Crippen LogP contribution >= 0.6 is 23.2 Å². The molecule has 0 aliphatic carbocycles. The van der Waals surface area contributed by atoms with Gasteiger partial charge >= 0.3 is 11.9 Å². The number of carboxylic acid groups (broad SMARTS) is 1. The Morgan fingerprint density at radius 1 is 0.926 bits per heavy atom. The van der Waals surface area contributed by atoms with Gasteiger partial charge in [-0.3, -0.25) is 20.0 Å². The number of benzene rings is 3. The highest BCUT2D eigenvalue weighted by Crippen LogP contribution is 2.36. The molecule has 286 valence electrons. The summed E-state index contributed by atoms with van der Waals surface area (Å²) in [6.45, 7) is 2.96. The predicted molar refractivity (Wildman–Crippen MR) is 202 cm³/mol. The smallest absolute Gasteiger partial charge is 0.338 e. The molecule has 1 unspecified atom stereocenters. The molecule has 12 nitrogen and oxygen atoms in total. The number of nitrogens with zero attached hydrogens (tertiary/aromatic N) is 2. The van der Waals surface area contributed by atoms with Crippen LogP contribution in [-0.4, -0.2) is 80.5 Å². The molecule has 0 radical (unpaired) electrons. The Kier molecular flexibility index (Phi) is 14.5. The fourth-order valence-electron chi connectivity index (χ4n) is 6.76. The van der Waals surface area contributed by atoms with Crippen LogP contribution in [-0.2, 0) is 32.0 Å². The standard InChI is InChI=1S/C39H41Cl2N3O7.CH2O2/c1-47-32-7-5-4-6-28(32)37(39(46)51-36-23-44-16-14-25(36)15-17-44)43-20-24-8-10-26(11-9-24)38(45)50-34(19-29-30(40)21-42-22-31(29)41)27-12-13-33(48-2)35(18-27)49-3;2-1-3/h4-13,18,21-22,25,34,36-37,43H,14-17,19-20,23H2,1-3H3;1H,(H,2,3)/t34-,36+,37?;/m1./s1. The number of rotatable bonds is 14. The van der Waals surface area contributed by atoms with E-state index >= 15 is 0 Å². The first-order chi connectivity index (χ1) is 26.2. The van der Waals surface area contributed by atoms with Crippen LogP contribution < -0.4 is 19.5 Å². The van der Waals surface area contributed by atoms with E-state index < -0.39 is 18.1 Å². The summed E-state index contributed by atoms with van der Waals surface area (Å²) >= 11 is 12.9. The highest BCUT2D eigenvalue weighted by Gasteiger charge is 2.38. The van der Waals surface area contributed by atoms with Crippen molar-refractivity contribution >= 4 is 41.6 Å². The van der Waals surface area contributed by atoms with Crippen molar-refractivity contribution in [3.05, 3.63) is 117 Å². The molecule has 3 aromatic carbocycles. The van der Waals surface area contributed by atoms with E-state index in [2.05, 4.69) is 15.2 Å². The number of aromatic nitrogens is 1. The minimum Gasteiger partial charge on any atom is -0.496 e. The van der Waals surface area contributed by atoms with Crippen LogP contribution in [0.4, 0.5) is 0 Å². The molecular weight excluding hydrogens is 737 g/mol. The Hall–Kier alpha value is -4.88. The second kappa shape index (κ2) is 19.4. The average molecular weight is 781 g/mol. The van der Waals surface area contributed by atoms with E-state index in [-0.39, 0.29) is 25.0 Å². The minimum atomic E-state index is -0.764. The van der Waals surface area contributed by atoms with Crippen molar-refractivity contribution in [1.82, 2.24) is 15.2 Å². The number of methoxy groups -OCH3 is 3. The number of pyridine rings is 1. The van der Waals surface area contributed by atoms with Gasteiger partial charge in [-0.2, -0.15) is 0 Å². The lowest BCUT2D eigenvalue weighted by molar-refractivity contribution is -0.161. The number of para-hydroxylation sites is 1. The van der Waals surface area contributed by atoms with Gasteiger partial charge in [-0.1, -0.05) is 59.6 Å². The Morgan fingerprint density at radius 3 is 2.19 bits per heavy atom. The highest BCUT2D eigenvalue weighted by atomic mass is 35.5. The topological polar surface area (TPSA) is 146 Å². The SMILES string of the molecule is COc1ccc([C@@H](Cc2c(Cl)cncc2Cl)OC(=O)c2ccc(CNC(C(=O)O[C@H]3CN4CCC3CC4)c3ccccc3OC)cc2)cc1OC.O=CO. The molecular formula is C40H43Cl2N3O9. The van der Waals surface area contributed by atoms with Gasteiger partial charge in [0.05, 0.1) is 36.9 Å². The van der Waals surface area contributed by atoms with Crippen LogP contribution in [0, 0.1) is 5.92 Å². The summed E-state index contributed by atoms with van der Waals surface area (Å²) in [5, 5.41) is 11.0. The maximum Gasteiger partial charge on any atom is 0.338 e. The average Bonchev–Trinajstić information content (AvgIpc) is 3.19. The van der Waals surface area contributed by atoms with E-state index in [1.807, 2.05) is 36.4 Å². The Labute approximate surface area is 324 Å². The molecule has 54 heavy (non-hydrogen) atoms. The molecule has 3 saturated heterocycles. The molecule has 2 bridgehead atoms. The lowest BCUT2D eigenvalue weighted by Gasteiger charge is -2.44. The Bertz CT molecular complexity index is 1870. The van der Waals surface area contributed by atoms with Gasteiger partial charge < -0.3 is 28.8 Å². The maximum atomic E-state index is 13.7. The van der Waals surface area contributed by atoms with E-state index in [4.69, 9.17) is 56.8 Å². The molecule has 1 aromatic heterocycles. The summed E-state index contributed by atoms with van der Waals surface area (Å²) in [6, 6.07) is 19.0. The molecule has 3 aliphatic rings. The summed E-state index contributed by atoms with van der Waals surface area (Å²) in [4.78, 5) is 42.1. The van der Waals surface area contributed by atoms with Gasteiger partial charge in [-0.15, -0.1) is 0 Å². The predicted octanol–water partition coefficient (Wildman–Crippen LogP) is 6.72. The van der Waals surface area contributed by atoms with Crippen LogP contribution in [0.3, 0.4) is 0 Å². The van der Waals surface area contributed by atoms with Crippen molar-refractivity contribution in [3.63, 3.8) is 0 Å². The molecule has 4 aromatic rings. The van der Waals surface area contributed by atoms with E-state index in [1.165, 1.54) is 19.5 Å². The highest BCUT2D eigenvalue weighted by molar-refractivity contribution is 6.35. The van der Waals surface area contributed by atoms with Gasteiger partial charge in [0, 0.05) is 37.5 Å². The molecule has 0 amide bonds. The first-order valence-electron chi connectivity index (χ1n) is 17.4. The zero-order valence-corrected chi connectivity index (χ0v) is 31.7. The third-order valence-electron chi connectivity index (χ3n) is 9.62. The van der Waals surface area contributed by atoms with Crippen molar-refractivity contribution in [3.8, 4) is 17.2 Å². The molecule has 3 aliphatic heterocycles. The monoisotopic (exact) mass is 779 g/mol. The number of piperidine rings is 3. The fraction of sp³-hybridized carbons (Fsp3) is 0.350. The largest absolute Gasteiger partial charge is 0.496 e. The van der Waals surface area contributed by atoms with Crippen LogP contribution in [0.15, 0.2) is 79.1 Å². The van der Waals surface area contributed by atoms with Crippen molar-refractivity contribution in [1.29, 1.82) is 0 Å². The summed E-state index contributed by atoms with van der Waals surface area (Å²) in [5.74, 6) is 1.12. The zero-order chi connectivity index (χ0) is 38.6. The van der Waals surface area contributed by atoms with Crippen LogP contribution in [0.2, 0.25) is 10.0 Å². The summed E-state index contributed by atoms with van der Waals surface area (Å²) in [6.07, 6.45) is 4.39. The van der Waals surface area contributed by atoms with Gasteiger partial charge in [0.1, 0.15) is 24.0 Å². The third-order valence-corrected chi connectivity index (χ3v) is 10.3. The minimum absolute atomic E-state index is 0.127. The van der Waals surface area contributed by atoms with E-state index in [0.29, 0.717) is 62.0 Å². The Morgan fingerprint density at radius 2 is 1.57 bits per heavy atom. The molecule has 0 spiro atoms. The Balaban J connectivity index is 0.00000181. The second-order valence-corrected chi connectivity index (χ2v) is 13.6. The van der Waals surface area contributed by atoms with Crippen molar-refractivity contribution < 1.29 is 43.2 Å². The number of carbonyl (C=O) groups excluding carboxylic acids is 2. The van der Waals surface area contributed by atoms with E-state index in [0.717, 1.165) is 38.0 Å². The number of esters is 2. The molecule has 7 rings (SSSR count). The number of hydrogen-bond acceptors (Lipinski definition) is 11. The lowest BCUT2D eigenvalue weighted by atomic mass is 9.86. The lowest BCUT2D eigenvalue weighted by Crippen LogP contribution is -2.52. The number of nitrogens with one attached hydrogen (secondary N) is 1. The second-order valence-electron chi connectivity index (χ2n) is 12.8. The van der Waals surface area contributed by atoms with Gasteiger partial charge in [0.15, 0.2) is 11.5 Å². The van der Waals surface area contributed by atoms with E-state index in [1.54, 1.807) is 44.6 Å². The normalized spacial score (nSPS) is 18.3. The number of fused-ring (bicyclic) bond motifs is 3. The molecule has 0 saturated carbocycles. The summed E-state index contributed by atoms with van der Waals surface area (Å²) in [7, 11) is 4.67. The van der Waals surface area contributed by atoms with Crippen molar-refractivity contribution in [2.24, 2.45) is 5.92 Å². The van der Waals surface area contributed by atoms with Crippen molar-refractivity contribution in [2.75, 3.05) is 41.0 Å². The van der Waals surface area contributed by atoms with Crippen molar-refractivity contribution in [2.45, 2.75) is 44.1 Å². The number of halogens is 2. The quantitative estimate of drug-likeness (QED) is 0.103. The molecule has 3 atom stereocenters. The number of ether oxygens (including phenoxy) is 5. The summed E-state index contributed by atoms with van der Waals surface area (Å²) in [5.41, 5.74) is 3.16. The van der Waals surface area contributed by atoms with Crippen LogP contribution in [0.1, 0.15) is 57.6 Å². The van der Waals surface area contributed by atoms with Gasteiger partial charge in [-0.25, -0.2) is 9.59 Å². The molecule has 3 fully saturated rings. The van der Waals surface area contributed by atoms with Gasteiger partial charge in [0.2, 0.25) is 0 Å².